The van der Waals surface area contributed by atoms with Crippen LogP contribution in [0.3, 0.4) is 0 Å². The molecule has 1 aromatic heterocycles. The SMILES string of the molecule is Cn1c(SCC(=O)Nc2ccc(OCc3ccccc3)cc2)nnc1C1CCS(=O)(=O)C1. The molecule has 1 unspecified atom stereocenters. The van der Waals surface area contributed by atoms with Crippen LogP contribution in [0, 0.1) is 0 Å². The van der Waals surface area contributed by atoms with Gasteiger partial charge in [-0.05, 0) is 36.2 Å². The lowest BCUT2D eigenvalue weighted by molar-refractivity contribution is -0.113. The van der Waals surface area contributed by atoms with Gasteiger partial charge in [-0.25, -0.2) is 8.42 Å². The number of carbonyl (C=O) groups excluding carboxylic acids is 1. The largest absolute Gasteiger partial charge is 0.489 e. The molecular weight excluding hydrogens is 448 g/mol. The number of benzene rings is 2. The van der Waals surface area contributed by atoms with Crippen LogP contribution >= 0.6 is 11.8 Å². The fourth-order valence-electron chi connectivity index (χ4n) is 3.51. The van der Waals surface area contributed by atoms with Gasteiger partial charge >= 0.3 is 0 Å². The molecule has 1 atom stereocenters. The quantitative estimate of drug-likeness (QED) is 0.503. The summed E-state index contributed by atoms with van der Waals surface area (Å²) >= 11 is 1.27. The second-order valence-corrected chi connectivity index (χ2v) is 10.8. The predicted molar refractivity (Wildman–Crippen MR) is 124 cm³/mol. The molecule has 3 aromatic rings. The lowest BCUT2D eigenvalue weighted by Gasteiger charge is -2.09. The molecule has 1 saturated heterocycles. The van der Waals surface area contributed by atoms with Crippen LogP contribution in [0.2, 0.25) is 0 Å². The predicted octanol–water partition coefficient (Wildman–Crippen LogP) is 3.03. The maximum absolute atomic E-state index is 12.3. The molecule has 1 aliphatic heterocycles. The standard InChI is InChI=1S/C22H24N4O4S2/c1-26-21(17-11-12-32(28,29)15-17)24-25-22(26)31-14-20(27)23-18-7-9-19(10-8-18)30-13-16-5-3-2-4-6-16/h2-10,17H,11-15H2,1H3,(H,23,27). The molecule has 1 amide bonds. The summed E-state index contributed by atoms with van der Waals surface area (Å²) in [5.41, 5.74) is 1.76. The molecule has 0 radical (unpaired) electrons. The zero-order valence-corrected chi connectivity index (χ0v) is 19.2. The number of thioether (sulfide) groups is 1. The van der Waals surface area contributed by atoms with Gasteiger partial charge in [-0.15, -0.1) is 10.2 Å². The molecule has 8 nitrogen and oxygen atoms in total. The smallest absolute Gasteiger partial charge is 0.234 e. The normalized spacial score (nSPS) is 17.2. The van der Waals surface area contributed by atoms with Crippen LogP contribution in [-0.4, -0.2) is 46.3 Å². The molecule has 10 heteroatoms. The van der Waals surface area contributed by atoms with E-state index < -0.39 is 9.84 Å². The number of hydrogen-bond acceptors (Lipinski definition) is 7. The maximum atomic E-state index is 12.3. The van der Waals surface area contributed by atoms with Crippen molar-refractivity contribution in [3.8, 4) is 5.75 Å². The summed E-state index contributed by atoms with van der Waals surface area (Å²) in [6.07, 6.45) is 0.560. The maximum Gasteiger partial charge on any atom is 0.234 e. The van der Waals surface area contributed by atoms with Crippen LogP contribution in [0.25, 0.3) is 0 Å². The van der Waals surface area contributed by atoms with Crippen molar-refractivity contribution in [1.29, 1.82) is 0 Å². The van der Waals surface area contributed by atoms with E-state index in [9.17, 15) is 13.2 Å². The van der Waals surface area contributed by atoms with Crippen molar-refractivity contribution in [1.82, 2.24) is 14.8 Å². The molecule has 1 aliphatic rings. The van der Waals surface area contributed by atoms with E-state index in [0.29, 0.717) is 29.7 Å². The average molecular weight is 473 g/mol. The Balaban J connectivity index is 1.26. The number of hydrogen-bond donors (Lipinski definition) is 1. The number of sulfone groups is 1. The van der Waals surface area contributed by atoms with Crippen molar-refractivity contribution >= 4 is 33.2 Å². The summed E-state index contributed by atoms with van der Waals surface area (Å²) in [4.78, 5) is 12.3. The summed E-state index contributed by atoms with van der Waals surface area (Å²) in [7, 11) is -1.19. The van der Waals surface area contributed by atoms with Crippen molar-refractivity contribution in [2.75, 3.05) is 22.6 Å². The van der Waals surface area contributed by atoms with Crippen LogP contribution < -0.4 is 10.1 Å². The topological polar surface area (TPSA) is 103 Å². The van der Waals surface area contributed by atoms with Gasteiger partial charge in [-0.3, -0.25) is 4.79 Å². The third kappa shape index (κ3) is 5.68. The Morgan fingerprint density at radius 3 is 2.59 bits per heavy atom. The molecule has 2 heterocycles. The van der Waals surface area contributed by atoms with Gasteiger partial charge < -0.3 is 14.6 Å². The van der Waals surface area contributed by atoms with Crippen LogP contribution in [0.4, 0.5) is 5.69 Å². The minimum atomic E-state index is -2.99. The summed E-state index contributed by atoms with van der Waals surface area (Å²) in [6, 6.07) is 17.1. The van der Waals surface area contributed by atoms with E-state index in [0.717, 1.165) is 11.3 Å². The Morgan fingerprint density at radius 2 is 1.91 bits per heavy atom. The second kappa shape index (κ2) is 9.74. The first-order valence-corrected chi connectivity index (χ1v) is 13.0. The highest BCUT2D eigenvalue weighted by Gasteiger charge is 2.32. The zero-order chi connectivity index (χ0) is 22.6. The lowest BCUT2D eigenvalue weighted by Crippen LogP contribution is -2.14. The second-order valence-electron chi connectivity index (χ2n) is 7.64. The summed E-state index contributed by atoms with van der Waals surface area (Å²) < 4.78 is 31.0. The fourth-order valence-corrected chi connectivity index (χ4v) is 5.97. The summed E-state index contributed by atoms with van der Waals surface area (Å²) in [6.45, 7) is 0.482. The fraction of sp³-hybridized carbons (Fsp3) is 0.318. The van der Waals surface area contributed by atoms with Gasteiger partial charge in [0.1, 0.15) is 18.2 Å². The van der Waals surface area contributed by atoms with Crippen LogP contribution in [0.5, 0.6) is 5.75 Å². The number of anilines is 1. The molecule has 1 fully saturated rings. The van der Waals surface area contributed by atoms with Crippen LogP contribution in [-0.2, 0) is 28.3 Å². The Labute approximate surface area is 191 Å². The minimum Gasteiger partial charge on any atom is -0.489 e. The van der Waals surface area contributed by atoms with Crippen LogP contribution in [0.15, 0.2) is 59.8 Å². The third-order valence-corrected chi connectivity index (χ3v) is 7.97. The highest BCUT2D eigenvalue weighted by Crippen LogP contribution is 2.29. The Hall–Kier alpha value is -2.85. The Kier molecular flexibility index (Phi) is 6.80. The molecular formula is C22H24N4O4S2. The highest BCUT2D eigenvalue weighted by atomic mass is 32.2. The number of nitrogens with zero attached hydrogens (tertiary/aromatic N) is 3. The summed E-state index contributed by atoms with van der Waals surface area (Å²) in [5, 5.41) is 11.7. The molecule has 168 valence electrons. The van der Waals surface area contributed by atoms with E-state index >= 15 is 0 Å². The third-order valence-electron chi connectivity index (χ3n) is 5.18. The monoisotopic (exact) mass is 472 g/mol. The van der Waals surface area contributed by atoms with E-state index in [1.165, 1.54) is 11.8 Å². The van der Waals surface area contributed by atoms with Gasteiger partial charge in [0.2, 0.25) is 5.91 Å². The van der Waals surface area contributed by atoms with E-state index in [1.807, 2.05) is 42.5 Å². The van der Waals surface area contributed by atoms with E-state index in [4.69, 9.17) is 4.74 Å². The number of aromatic nitrogens is 3. The van der Waals surface area contributed by atoms with Crippen molar-refractivity contribution in [3.05, 3.63) is 66.0 Å². The summed E-state index contributed by atoms with van der Waals surface area (Å²) in [5.74, 6) is 1.54. The minimum absolute atomic E-state index is 0.106. The lowest BCUT2D eigenvalue weighted by atomic mass is 10.1. The van der Waals surface area contributed by atoms with E-state index in [1.54, 1.807) is 23.7 Å². The van der Waals surface area contributed by atoms with Gasteiger partial charge in [0, 0.05) is 18.7 Å². The van der Waals surface area contributed by atoms with Crippen molar-refractivity contribution in [2.24, 2.45) is 7.05 Å². The number of nitrogens with one attached hydrogen (secondary N) is 1. The number of rotatable bonds is 8. The van der Waals surface area contributed by atoms with Crippen molar-refractivity contribution < 1.29 is 17.9 Å². The highest BCUT2D eigenvalue weighted by molar-refractivity contribution is 7.99. The van der Waals surface area contributed by atoms with Gasteiger partial charge in [-0.2, -0.15) is 0 Å². The first-order chi connectivity index (χ1) is 15.4. The molecule has 0 aliphatic carbocycles. The van der Waals surface area contributed by atoms with Gasteiger partial charge in [0.05, 0.1) is 17.3 Å². The van der Waals surface area contributed by atoms with E-state index in [-0.39, 0.29) is 29.1 Å². The molecule has 0 bridgehead atoms. The first kappa shape index (κ1) is 22.3. The molecule has 0 saturated carbocycles. The molecule has 2 aromatic carbocycles. The molecule has 32 heavy (non-hydrogen) atoms. The molecule has 4 rings (SSSR count). The Bertz CT molecular complexity index is 1180. The number of amides is 1. The number of carbonyl (C=O) groups is 1. The Morgan fingerprint density at radius 1 is 1.16 bits per heavy atom. The van der Waals surface area contributed by atoms with Gasteiger partial charge in [-0.1, -0.05) is 42.1 Å². The number of ether oxygens (including phenoxy) is 1. The van der Waals surface area contributed by atoms with Crippen LogP contribution in [0.1, 0.15) is 23.7 Å². The van der Waals surface area contributed by atoms with E-state index in [2.05, 4.69) is 15.5 Å². The van der Waals surface area contributed by atoms with Crippen molar-refractivity contribution in [3.63, 3.8) is 0 Å². The molecule has 1 N–H and O–H groups in total. The van der Waals surface area contributed by atoms with Gasteiger partial charge in [0.15, 0.2) is 15.0 Å². The zero-order valence-electron chi connectivity index (χ0n) is 17.6. The average Bonchev–Trinajstić information content (AvgIpc) is 3.33. The molecule has 0 spiro atoms. The van der Waals surface area contributed by atoms with Crippen molar-refractivity contribution in [2.45, 2.75) is 24.1 Å². The van der Waals surface area contributed by atoms with Gasteiger partial charge in [0.25, 0.3) is 0 Å². The first-order valence-electron chi connectivity index (χ1n) is 10.2.